The molecule has 0 radical (unpaired) electrons. The van der Waals surface area contributed by atoms with E-state index in [1.54, 1.807) is 45.0 Å². The second-order valence-corrected chi connectivity index (χ2v) is 13.7. The third kappa shape index (κ3) is 7.17. The van der Waals surface area contributed by atoms with Crippen LogP contribution in [0.3, 0.4) is 0 Å². The Morgan fingerprint density at radius 3 is 2.42 bits per heavy atom. The zero-order chi connectivity index (χ0) is 29.5. The fourth-order valence-corrected chi connectivity index (χ4v) is 6.67. The van der Waals surface area contributed by atoms with Crippen LogP contribution in [0.2, 0.25) is 5.02 Å². The summed E-state index contributed by atoms with van der Waals surface area (Å²) in [5.74, 6) is -5.15. The van der Waals surface area contributed by atoms with Crippen LogP contribution in [-0.2, 0) is 25.9 Å². The fraction of sp³-hybridized carbons (Fsp3) is 0.464. The third-order valence-corrected chi connectivity index (χ3v) is 8.82. The molecule has 0 aromatic heterocycles. The lowest BCUT2D eigenvalue weighted by molar-refractivity contribution is -0.120. The van der Waals surface area contributed by atoms with E-state index in [2.05, 4.69) is 5.32 Å². The number of hydrogen-bond donors (Lipinski definition) is 1. The molecule has 40 heavy (non-hydrogen) atoms. The summed E-state index contributed by atoms with van der Waals surface area (Å²) < 4.78 is 59.5. The van der Waals surface area contributed by atoms with Crippen molar-refractivity contribution in [3.8, 4) is 0 Å². The van der Waals surface area contributed by atoms with E-state index in [9.17, 15) is 31.6 Å². The number of hydrogen-bond acceptors (Lipinski definition) is 6. The highest BCUT2D eigenvalue weighted by atomic mass is 35.5. The smallest absolute Gasteiger partial charge is 0.408 e. The Balaban J connectivity index is 1.72. The number of benzene rings is 2. The number of sulfone groups is 1. The minimum absolute atomic E-state index is 0.0314. The van der Waals surface area contributed by atoms with Crippen LogP contribution in [0, 0.1) is 5.92 Å². The van der Waals surface area contributed by atoms with Crippen molar-refractivity contribution in [1.29, 1.82) is 0 Å². The maximum Gasteiger partial charge on any atom is 0.408 e. The van der Waals surface area contributed by atoms with Crippen molar-refractivity contribution in [1.82, 2.24) is 5.32 Å². The number of halogens is 3. The largest absolute Gasteiger partial charge is 0.444 e. The quantitative estimate of drug-likeness (QED) is 0.437. The molecule has 2 amide bonds. The molecule has 1 heterocycles. The molecular formula is C28H31ClF2N2O6S. The zero-order valence-corrected chi connectivity index (χ0v) is 24.0. The Kier molecular flexibility index (Phi) is 8.29. The van der Waals surface area contributed by atoms with Crippen molar-refractivity contribution in [2.24, 2.45) is 5.92 Å². The van der Waals surface area contributed by atoms with E-state index in [1.807, 2.05) is 0 Å². The van der Waals surface area contributed by atoms with Crippen molar-refractivity contribution in [3.05, 3.63) is 58.6 Å². The van der Waals surface area contributed by atoms with Crippen LogP contribution in [0.15, 0.2) is 47.4 Å². The van der Waals surface area contributed by atoms with Crippen molar-refractivity contribution in [2.75, 3.05) is 10.7 Å². The number of ether oxygens (including phenoxy) is 1. The molecule has 1 saturated carbocycles. The van der Waals surface area contributed by atoms with Crippen LogP contribution in [-0.4, -0.2) is 49.5 Å². The van der Waals surface area contributed by atoms with Crippen molar-refractivity contribution in [3.63, 3.8) is 0 Å². The van der Waals surface area contributed by atoms with Gasteiger partial charge in [-0.1, -0.05) is 23.7 Å². The van der Waals surface area contributed by atoms with Gasteiger partial charge in [-0.15, -0.1) is 0 Å². The van der Waals surface area contributed by atoms with Crippen LogP contribution < -0.4 is 10.2 Å². The van der Waals surface area contributed by atoms with Gasteiger partial charge in [0.25, 0.3) is 5.91 Å². The van der Waals surface area contributed by atoms with E-state index in [0.717, 1.165) is 0 Å². The van der Waals surface area contributed by atoms with Crippen LogP contribution >= 0.6 is 11.6 Å². The number of amides is 2. The summed E-state index contributed by atoms with van der Waals surface area (Å²) >= 11 is 6.00. The van der Waals surface area contributed by atoms with Gasteiger partial charge in [0, 0.05) is 29.8 Å². The Morgan fingerprint density at radius 1 is 1.15 bits per heavy atom. The number of nitrogens with zero attached hydrogens (tertiary/aromatic N) is 1. The van der Waals surface area contributed by atoms with Gasteiger partial charge < -0.3 is 15.0 Å². The van der Waals surface area contributed by atoms with Gasteiger partial charge in [-0.2, -0.15) is 0 Å². The molecule has 0 spiro atoms. The van der Waals surface area contributed by atoms with Crippen molar-refractivity contribution < 1.29 is 36.3 Å². The molecule has 12 heteroatoms. The standard InChI is InChI=1S/C28H31ClF2N2O6S/c1-27(2,3)39-26(36)32-21-16-40(37,38)24-9-6-19(23(34)12-18-10-11-28(30,31)14-18)13-22(24)33(25(21)35)15-17-4-7-20(29)8-5-17/h4-9,13,18,21H,10-12,14-16H2,1-3H3,(H,32,36)/t18-,21-/m0/s1. The Hall–Kier alpha value is -3.05. The first-order valence-electron chi connectivity index (χ1n) is 12.9. The summed E-state index contributed by atoms with van der Waals surface area (Å²) in [6.07, 6.45) is -1.51. The van der Waals surface area contributed by atoms with Crippen LogP contribution in [0.4, 0.5) is 19.3 Å². The summed E-state index contributed by atoms with van der Waals surface area (Å²) in [6, 6.07) is 8.98. The average molecular weight is 597 g/mol. The number of carbonyl (C=O) groups excluding carboxylic acids is 3. The first kappa shape index (κ1) is 29.9. The molecule has 1 aliphatic carbocycles. The second-order valence-electron chi connectivity index (χ2n) is 11.3. The van der Waals surface area contributed by atoms with Crippen molar-refractivity contribution in [2.45, 2.75) is 75.5 Å². The molecule has 4 rings (SSSR count). The molecule has 2 aromatic rings. The summed E-state index contributed by atoms with van der Waals surface area (Å²) in [7, 11) is -4.13. The second kappa shape index (κ2) is 11.1. The average Bonchev–Trinajstić information content (AvgIpc) is 3.15. The van der Waals surface area contributed by atoms with E-state index in [0.29, 0.717) is 10.6 Å². The number of nitrogens with one attached hydrogen (secondary N) is 1. The van der Waals surface area contributed by atoms with E-state index >= 15 is 0 Å². The summed E-state index contributed by atoms with van der Waals surface area (Å²) in [5.41, 5.74) is -0.196. The molecule has 0 unspecified atom stereocenters. The molecule has 1 N–H and O–H groups in total. The number of carbonyl (C=O) groups is 3. The van der Waals surface area contributed by atoms with Crippen LogP contribution in [0.5, 0.6) is 0 Å². The molecule has 2 aliphatic rings. The van der Waals surface area contributed by atoms with E-state index in [1.165, 1.54) is 23.1 Å². The lowest BCUT2D eigenvalue weighted by atomic mass is 9.96. The molecule has 1 aliphatic heterocycles. The minimum Gasteiger partial charge on any atom is -0.444 e. The normalized spacial score (nSPS) is 21.9. The Labute approximate surface area is 236 Å². The third-order valence-electron chi connectivity index (χ3n) is 6.78. The molecule has 0 bridgehead atoms. The van der Waals surface area contributed by atoms with Gasteiger partial charge in [0.15, 0.2) is 15.6 Å². The molecule has 1 fully saturated rings. The van der Waals surface area contributed by atoms with Crippen molar-refractivity contribution >= 4 is 44.9 Å². The number of alkyl halides is 2. The topological polar surface area (TPSA) is 110 Å². The van der Waals surface area contributed by atoms with Gasteiger partial charge in [0.2, 0.25) is 5.92 Å². The van der Waals surface area contributed by atoms with E-state index < -0.39 is 56.9 Å². The van der Waals surface area contributed by atoms with Gasteiger partial charge in [-0.25, -0.2) is 22.0 Å². The minimum atomic E-state index is -4.13. The number of rotatable bonds is 6. The monoisotopic (exact) mass is 596 g/mol. The van der Waals surface area contributed by atoms with Gasteiger partial charge in [0.05, 0.1) is 22.9 Å². The molecule has 2 aromatic carbocycles. The first-order chi connectivity index (χ1) is 18.5. The summed E-state index contributed by atoms with van der Waals surface area (Å²) in [6.45, 7) is 4.81. The lowest BCUT2D eigenvalue weighted by Gasteiger charge is -2.27. The number of fused-ring (bicyclic) bond motifs is 1. The van der Waals surface area contributed by atoms with E-state index in [-0.39, 0.29) is 48.4 Å². The SMILES string of the molecule is CC(C)(C)OC(=O)N[C@H]1CS(=O)(=O)c2ccc(C(=O)C[C@@H]3CCC(F)(F)C3)cc2N(Cc2ccc(Cl)cc2)C1=O. The molecule has 216 valence electrons. The maximum atomic E-state index is 13.8. The molecule has 2 atom stereocenters. The van der Waals surface area contributed by atoms with Crippen LogP contribution in [0.1, 0.15) is 62.4 Å². The zero-order valence-electron chi connectivity index (χ0n) is 22.4. The number of ketones is 1. The Morgan fingerprint density at radius 2 is 1.82 bits per heavy atom. The highest BCUT2D eigenvalue weighted by Gasteiger charge is 2.41. The summed E-state index contributed by atoms with van der Waals surface area (Å²) in [4.78, 5) is 40.4. The molecule has 0 saturated heterocycles. The lowest BCUT2D eigenvalue weighted by Crippen LogP contribution is -2.51. The molecule has 8 nitrogen and oxygen atoms in total. The van der Waals surface area contributed by atoms with Gasteiger partial charge >= 0.3 is 6.09 Å². The highest BCUT2D eigenvalue weighted by molar-refractivity contribution is 7.91. The number of anilines is 1. The van der Waals surface area contributed by atoms with Gasteiger partial charge in [-0.05, 0) is 69.0 Å². The van der Waals surface area contributed by atoms with Crippen LogP contribution in [0.25, 0.3) is 0 Å². The van der Waals surface area contributed by atoms with Gasteiger partial charge in [0.1, 0.15) is 11.6 Å². The Bertz CT molecular complexity index is 1420. The maximum absolute atomic E-state index is 13.8. The molecular weight excluding hydrogens is 566 g/mol. The number of alkyl carbamates (subject to hydrolysis) is 1. The highest BCUT2D eigenvalue weighted by Crippen LogP contribution is 2.41. The predicted octanol–water partition coefficient (Wildman–Crippen LogP) is 5.56. The predicted molar refractivity (Wildman–Crippen MR) is 146 cm³/mol. The van der Waals surface area contributed by atoms with E-state index in [4.69, 9.17) is 16.3 Å². The number of Topliss-reactive ketones (excluding diaryl/α,β-unsaturated/α-hetero) is 1. The fourth-order valence-electron chi connectivity index (χ4n) is 4.94. The summed E-state index contributed by atoms with van der Waals surface area (Å²) in [5, 5.41) is 2.85. The van der Waals surface area contributed by atoms with Gasteiger partial charge in [-0.3, -0.25) is 9.59 Å². The first-order valence-corrected chi connectivity index (χ1v) is 14.9.